The van der Waals surface area contributed by atoms with Gasteiger partial charge in [-0.2, -0.15) is 0 Å². The number of halogens is 1. The highest BCUT2D eigenvalue weighted by Crippen LogP contribution is 2.23. The van der Waals surface area contributed by atoms with Gasteiger partial charge in [0.05, 0.1) is 6.42 Å². The summed E-state index contributed by atoms with van der Waals surface area (Å²) in [5.41, 5.74) is 7.72. The van der Waals surface area contributed by atoms with Crippen LogP contribution < -0.4 is 11.1 Å². The minimum Gasteiger partial charge on any atom is -0.508 e. The molecule has 2 aromatic carbocycles. The molecule has 0 aliphatic rings. The van der Waals surface area contributed by atoms with Gasteiger partial charge in [0, 0.05) is 15.8 Å². The first-order chi connectivity index (χ1) is 9.04. The van der Waals surface area contributed by atoms with Gasteiger partial charge in [-0.15, -0.1) is 0 Å². The first kappa shape index (κ1) is 13.4. The molecular formula is C14H13BrN2O2. The monoisotopic (exact) mass is 320 g/mol. The Morgan fingerprint density at radius 3 is 2.74 bits per heavy atom. The molecule has 0 heterocycles. The molecular weight excluding hydrogens is 308 g/mol. The van der Waals surface area contributed by atoms with Crippen LogP contribution in [-0.4, -0.2) is 11.0 Å². The fraction of sp³-hybridized carbons (Fsp3) is 0.0714. The number of nitrogens with two attached hydrogens (primary N) is 1. The van der Waals surface area contributed by atoms with E-state index in [1.165, 1.54) is 0 Å². The summed E-state index contributed by atoms with van der Waals surface area (Å²) in [6.45, 7) is 0. The molecule has 0 fully saturated rings. The Morgan fingerprint density at radius 1 is 1.26 bits per heavy atom. The lowest BCUT2D eigenvalue weighted by atomic mass is 10.1. The van der Waals surface area contributed by atoms with Crippen molar-refractivity contribution < 1.29 is 9.90 Å². The number of benzene rings is 2. The van der Waals surface area contributed by atoms with Gasteiger partial charge in [-0.1, -0.05) is 12.1 Å². The van der Waals surface area contributed by atoms with Crippen LogP contribution in [0.5, 0.6) is 5.75 Å². The maximum Gasteiger partial charge on any atom is 0.228 e. The second-order valence-corrected chi connectivity index (χ2v) is 4.99. The summed E-state index contributed by atoms with van der Waals surface area (Å²) in [4.78, 5) is 11.9. The van der Waals surface area contributed by atoms with Gasteiger partial charge in [-0.3, -0.25) is 4.79 Å². The summed E-state index contributed by atoms with van der Waals surface area (Å²) in [6, 6.07) is 11.8. The highest BCUT2D eigenvalue weighted by atomic mass is 79.9. The van der Waals surface area contributed by atoms with Gasteiger partial charge < -0.3 is 16.2 Å². The number of hydrogen-bond acceptors (Lipinski definition) is 3. The van der Waals surface area contributed by atoms with Gasteiger partial charge in [0.15, 0.2) is 0 Å². The molecule has 0 saturated heterocycles. The van der Waals surface area contributed by atoms with Crippen LogP contribution >= 0.6 is 15.9 Å². The number of aromatic hydroxyl groups is 1. The minimum atomic E-state index is -0.151. The number of carbonyl (C=O) groups is 1. The van der Waals surface area contributed by atoms with Crippen LogP contribution in [0, 0.1) is 0 Å². The summed E-state index contributed by atoms with van der Waals surface area (Å²) in [6.07, 6.45) is 0.205. The number of amides is 1. The fourth-order valence-corrected chi connectivity index (χ4v) is 2.04. The molecule has 19 heavy (non-hydrogen) atoms. The summed E-state index contributed by atoms with van der Waals surface area (Å²) in [7, 11) is 0. The standard InChI is InChI=1S/C14H13BrN2O2/c15-12-8-10(4-5-13(12)16)17-14(19)7-9-2-1-3-11(18)6-9/h1-6,8,18H,7,16H2,(H,17,19). The molecule has 0 unspecified atom stereocenters. The molecule has 0 atom stereocenters. The largest absolute Gasteiger partial charge is 0.508 e. The van der Waals surface area contributed by atoms with Crippen molar-refractivity contribution in [3.8, 4) is 5.75 Å². The molecule has 4 nitrogen and oxygen atoms in total. The van der Waals surface area contributed by atoms with E-state index in [4.69, 9.17) is 5.73 Å². The van der Waals surface area contributed by atoms with E-state index in [1.54, 1.807) is 42.5 Å². The van der Waals surface area contributed by atoms with E-state index in [0.717, 1.165) is 10.0 Å². The number of phenolic OH excluding ortho intramolecular Hbond substituents is 1. The van der Waals surface area contributed by atoms with E-state index in [9.17, 15) is 9.90 Å². The lowest BCUT2D eigenvalue weighted by Gasteiger charge is -2.07. The van der Waals surface area contributed by atoms with Gasteiger partial charge in [-0.05, 0) is 51.8 Å². The number of anilines is 2. The topological polar surface area (TPSA) is 75.3 Å². The van der Waals surface area contributed by atoms with Gasteiger partial charge in [0.2, 0.25) is 5.91 Å². The summed E-state index contributed by atoms with van der Waals surface area (Å²) >= 11 is 3.30. The van der Waals surface area contributed by atoms with Crippen molar-refractivity contribution in [1.82, 2.24) is 0 Å². The number of nitrogen functional groups attached to an aromatic ring is 1. The third-order valence-electron chi connectivity index (χ3n) is 2.56. The molecule has 0 radical (unpaired) electrons. The van der Waals surface area contributed by atoms with E-state index in [-0.39, 0.29) is 18.1 Å². The van der Waals surface area contributed by atoms with Crippen LogP contribution in [0.15, 0.2) is 46.9 Å². The normalized spacial score (nSPS) is 10.2. The lowest BCUT2D eigenvalue weighted by Crippen LogP contribution is -2.14. The van der Waals surface area contributed by atoms with Gasteiger partial charge in [0.1, 0.15) is 5.75 Å². The van der Waals surface area contributed by atoms with E-state index in [1.807, 2.05) is 0 Å². The second-order valence-electron chi connectivity index (χ2n) is 4.13. The summed E-state index contributed by atoms with van der Waals surface area (Å²) in [5.74, 6) is 0.00259. The molecule has 2 aromatic rings. The van der Waals surface area contributed by atoms with Crippen molar-refractivity contribution >= 4 is 33.2 Å². The van der Waals surface area contributed by atoms with Crippen molar-refractivity contribution in [3.63, 3.8) is 0 Å². The maximum atomic E-state index is 11.9. The maximum absolute atomic E-state index is 11.9. The average Bonchev–Trinajstić information content (AvgIpc) is 2.34. The van der Waals surface area contributed by atoms with Crippen molar-refractivity contribution in [1.29, 1.82) is 0 Å². The number of nitrogens with one attached hydrogen (secondary N) is 1. The van der Waals surface area contributed by atoms with E-state index in [0.29, 0.717) is 11.4 Å². The number of carbonyl (C=O) groups excluding carboxylic acids is 1. The molecule has 0 aromatic heterocycles. The quantitative estimate of drug-likeness (QED) is 0.761. The van der Waals surface area contributed by atoms with E-state index < -0.39 is 0 Å². The van der Waals surface area contributed by atoms with Crippen LogP contribution in [0.2, 0.25) is 0 Å². The smallest absolute Gasteiger partial charge is 0.228 e. The lowest BCUT2D eigenvalue weighted by molar-refractivity contribution is -0.115. The molecule has 4 N–H and O–H groups in total. The number of hydrogen-bond donors (Lipinski definition) is 3. The number of phenols is 1. The Bertz CT molecular complexity index is 614. The fourth-order valence-electron chi connectivity index (χ4n) is 1.66. The zero-order chi connectivity index (χ0) is 13.8. The summed E-state index contributed by atoms with van der Waals surface area (Å²) < 4.78 is 0.739. The van der Waals surface area contributed by atoms with Crippen LogP contribution in [0.4, 0.5) is 11.4 Å². The zero-order valence-corrected chi connectivity index (χ0v) is 11.6. The van der Waals surface area contributed by atoms with Gasteiger partial charge in [0.25, 0.3) is 0 Å². The average molecular weight is 321 g/mol. The van der Waals surface area contributed by atoms with Crippen LogP contribution in [0.1, 0.15) is 5.56 Å². The predicted octanol–water partition coefficient (Wildman–Crippen LogP) is 2.92. The van der Waals surface area contributed by atoms with Crippen molar-refractivity contribution in [2.45, 2.75) is 6.42 Å². The van der Waals surface area contributed by atoms with Crippen LogP contribution in [-0.2, 0) is 11.2 Å². The predicted molar refractivity (Wildman–Crippen MR) is 79.0 cm³/mol. The van der Waals surface area contributed by atoms with Crippen molar-refractivity contribution in [2.24, 2.45) is 0 Å². The highest BCUT2D eigenvalue weighted by molar-refractivity contribution is 9.10. The minimum absolute atomic E-state index is 0.151. The van der Waals surface area contributed by atoms with Crippen LogP contribution in [0.3, 0.4) is 0 Å². The molecule has 0 saturated carbocycles. The van der Waals surface area contributed by atoms with Crippen molar-refractivity contribution in [2.75, 3.05) is 11.1 Å². The Kier molecular flexibility index (Phi) is 4.06. The Morgan fingerprint density at radius 2 is 2.05 bits per heavy atom. The molecule has 0 aliphatic carbocycles. The third kappa shape index (κ3) is 3.72. The molecule has 0 aliphatic heterocycles. The molecule has 0 spiro atoms. The van der Waals surface area contributed by atoms with Gasteiger partial charge >= 0.3 is 0 Å². The molecule has 0 bridgehead atoms. The SMILES string of the molecule is Nc1ccc(NC(=O)Cc2cccc(O)c2)cc1Br. The first-order valence-electron chi connectivity index (χ1n) is 5.67. The van der Waals surface area contributed by atoms with Gasteiger partial charge in [-0.25, -0.2) is 0 Å². The van der Waals surface area contributed by atoms with E-state index >= 15 is 0 Å². The van der Waals surface area contributed by atoms with E-state index in [2.05, 4.69) is 21.2 Å². The highest BCUT2D eigenvalue weighted by Gasteiger charge is 2.06. The molecule has 2 rings (SSSR count). The Labute approximate surface area is 119 Å². The Hall–Kier alpha value is -2.01. The molecule has 5 heteroatoms. The first-order valence-corrected chi connectivity index (χ1v) is 6.46. The number of rotatable bonds is 3. The molecule has 1 amide bonds. The van der Waals surface area contributed by atoms with Crippen LogP contribution in [0.25, 0.3) is 0 Å². The summed E-state index contributed by atoms with van der Waals surface area (Å²) in [5, 5.41) is 12.1. The molecule has 98 valence electrons. The second kappa shape index (κ2) is 5.75. The zero-order valence-electron chi connectivity index (χ0n) is 10.1. The third-order valence-corrected chi connectivity index (χ3v) is 3.25. The van der Waals surface area contributed by atoms with Crippen molar-refractivity contribution in [3.05, 3.63) is 52.5 Å². The Balaban J connectivity index is 2.03.